The third-order valence-corrected chi connectivity index (χ3v) is 10.6. The highest BCUT2D eigenvalue weighted by atomic mass is 16.2. The molecule has 3 aromatic rings. The highest BCUT2D eigenvalue weighted by molar-refractivity contribution is 5.96. The number of aromatic amines is 1. The van der Waals surface area contributed by atoms with E-state index in [1.807, 2.05) is 24.3 Å². The summed E-state index contributed by atoms with van der Waals surface area (Å²) < 4.78 is 0. The second kappa shape index (κ2) is 9.90. The first-order chi connectivity index (χ1) is 19.4. The van der Waals surface area contributed by atoms with Crippen molar-refractivity contribution in [2.75, 3.05) is 17.2 Å². The number of carbonyl (C=O) groups excluding carboxylic acids is 3. The SMILES string of the molecule is CC1CCCCC1C(=O)Nc1ccc2cc(-c3ccc(NCC(=O)C45CC6CC(C4)C(=O)C(C6)C5)cc3)[nH]c2c1. The van der Waals surface area contributed by atoms with Crippen LogP contribution in [0.3, 0.4) is 0 Å². The summed E-state index contributed by atoms with van der Waals surface area (Å²) >= 11 is 0. The first-order valence-electron chi connectivity index (χ1n) is 15.2. The van der Waals surface area contributed by atoms with Crippen LogP contribution >= 0.6 is 0 Å². The van der Waals surface area contributed by atoms with Gasteiger partial charge in [-0.1, -0.05) is 38.0 Å². The van der Waals surface area contributed by atoms with Crippen molar-refractivity contribution in [1.29, 1.82) is 0 Å². The summed E-state index contributed by atoms with van der Waals surface area (Å²) in [4.78, 5) is 42.3. The van der Waals surface area contributed by atoms with Crippen molar-refractivity contribution in [3.05, 3.63) is 48.5 Å². The van der Waals surface area contributed by atoms with E-state index in [0.29, 0.717) is 24.2 Å². The van der Waals surface area contributed by atoms with Gasteiger partial charge in [-0.05, 0) is 92.7 Å². The Bertz CT molecular complexity index is 1450. The number of hydrogen-bond acceptors (Lipinski definition) is 4. The molecule has 6 nitrogen and oxygen atoms in total. The number of fused-ring (bicyclic) bond motifs is 1. The Morgan fingerprint density at radius 3 is 2.40 bits per heavy atom. The largest absolute Gasteiger partial charge is 0.378 e. The average molecular weight is 538 g/mol. The van der Waals surface area contributed by atoms with Gasteiger partial charge in [-0.25, -0.2) is 0 Å². The van der Waals surface area contributed by atoms with Crippen LogP contribution in [0.15, 0.2) is 48.5 Å². The van der Waals surface area contributed by atoms with Crippen LogP contribution in [-0.4, -0.2) is 29.0 Å². The van der Waals surface area contributed by atoms with Gasteiger partial charge in [0.15, 0.2) is 5.78 Å². The molecule has 5 saturated carbocycles. The maximum atomic E-state index is 13.4. The first kappa shape index (κ1) is 25.6. The van der Waals surface area contributed by atoms with Crippen LogP contribution in [0.4, 0.5) is 11.4 Å². The summed E-state index contributed by atoms with van der Waals surface area (Å²) in [6.45, 7) is 2.51. The van der Waals surface area contributed by atoms with Crippen molar-refractivity contribution in [2.45, 2.75) is 64.7 Å². The van der Waals surface area contributed by atoms with Crippen LogP contribution in [-0.2, 0) is 14.4 Å². The fourth-order valence-electron chi connectivity index (χ4n) is 8.53. The zero-order chi connectivity index (χ0) is 27.4. The number of benzene rings is 2. The highest BCUT2D eigenvalue weighted by Crippen LogP contribution is 2.58. The zero-order valence-corrected chi connectivity index (χ0v) is 23.3. The summed E-state index contributed by atoms with van der Waals surface area (Å²) in [6.07, 6.45) is 8.98. The first-order valence-corrected chi connectivity index (χ1v) is 15.2. The van der Waals surface area contributed by atoms with Gasteiger partial charge in [-0.3, -0.25) is 14.4 Å². The molecule has 0 radical (unpaired) electrons. The van der Waals surface area contributed by atoms with E-state index in [4.69, 9.17) is 0 Å². The third kappa shape index (κ3) is 4.55. The molecule has 5 aliphatic carbocycles. The Labute approximate surface area is 235 Å². The molecule has 208 valence electrons. The van der Waals surface area contributed by atoms with Gasteiger partial charge in [0.25, 0.3) is 0 Å². The smallest absolute Gasteiger partial charge is 0.227 e. The van der Waals surface area contributed by atoms with Crippen LogP contribution in [0, 0.1) is 35.0 Å². The predicted octanol–water partition coefficient (Wildman–Crippen LogP) is 6.98. The number of rotatable bonds is 7. The topological polar surface area (TPSA) is 91.1 Å². The lowest BCUT2D eigenvalue weighted by Gasteiger charge is -2.54. The molecule has 3 N–H and O–H groups in total. The molecule has 0 spiro atoms. The average Bonchev–Trinajstić information content (AvgIpc) is 3.38. The van der Waals surface area contributed by atoms with Crippen LogP contribution in [0.25, 0.3) is 22.2 Å². The van der Waals surface area contributed by atoms with Crippen molar-refractivity contribution in [3.63, 3.8) is 0 Å². The number of aromatic nitrogens is 1. The van der Waals surface area contributed by atoms with E-state index in [2.05, 4.69) is 46.8 Å². The minimum absolute atomic E-state index is 0.0998. The van der Waals surface area contributed by atoms with Gasteiger partial charge >= 0.3 is 0 Å². The Morgan fingerprint density at radius 2 is 1.65 bits per heavy atom. The lowest BCUT2D eigenvalue weighted by molar-refractivity contribution is -0.155. The molecule has 4 unspecified atom stereocenters. The third-order valence-electron chi connectivity index (χ3n) is 10.6. The molecule has 1 aromatic heterocycles. The van der Waals surface area contributed by atoms with E-state index < -0.39 is 0 Å². The molecular formula is C34H39N3O3. The summed E-state index contributed by atoms with van der Waals surface area (Å²) in [5.41, 5.74) is 4.54. The summed E-state index contributed by atoms with van der Waals surface area (Å²) in [7, 11) is 0. The van der Waals surface area contributed by atoms with Crippen LogP contribution in [0.5, 0.6) is 0 Å². The van der Waals surface area contributed by atoms with Gasteiger partial charge in [-0.15, -0.1) is 0 Å². The summed E-state index contributed by atoms with van der Waals surface area (Å²) in [6, 6.07) is 16.4. The second-order valence-electron chi connectivity index (χ2n) is 13.2. The molecule has 0 saturated heterocycles. The number of nitrogens with one attached hydrogen (secondary N) is 3. The molecule has 5 aliphatic rings. The molecule has 1 amide bonds. The maximum Gasteiger partial charge on any atom is 0.227 e. The van der Waals surface area contributed by atoms with Gasteiger partial charge in [-0.2, -0.15) is 0 Å². The molecule has 2 aromatic carbocycles. The van der Waals surface area contributed by atoms with Gasteiger partial charge < -0.3 is 15.6 Å². The molecule has 0 aliphatic heterocycles. The Kier molecular flexibility index (Phi) is 6.32. The number of carbonyl (C=O) groups is 3. The van der Waals surface area contributed by atoms with Gasteiger partial charge in [0.2, 0.25) is 5.91 Å². The van der Waals surface area contributed by atoms with Crippen LogP contribution in [0.1, 0.15) is 64.7 Å². The molecule has 6 heteroatoms. The quantitative estimate of drug-likeness (QED) is 0.303. The summed E-state index contributed by atoms with van der Waals surface area (Å²) in [5, 5.41) is 7.60. The second-order valence-corrected chi connectivity index (χ2v) is 13.2. The van der Waals surface area contributed by atoms with E-state index >= 15 is 0 Å². The molecule has 8 rings (SSSR count). The monoisotopic (exact) mass is 537 g/mol. The Morgan fingerprint density at radius 1 is 0.925 bits per heavy atom. The van der Waals surface area contributed by atoms with Gasteiger partial charge in [0, 0.05) is 51.1 Å². The fourth-order valence-corrected chi connectivity index (χ4v) is 8.53. The number of hydrogen-bond donors (Lipinski definition) is 3. The van der Waals surface area contributed by atoms with Crippen molar-refractivity contribution in [2.24, 2.45) is 35.0 Å². The van der Waals surface area contributed by atoms with Crippen molar-refractivity contribution in [1.82, 2.24) is 4.98 Å². The standard InChI is InChI=1S/C34H39N3O3/c1-20-4-2-3-5-28(20)33(40)36-27-11-8-23-14-29(37-30(23)15-27)22-6-9-26(10-7-22)35-19-31(38)34-16-21-12-24(17-34)32(39)25(13-21)18-34/h6-11,14-15,20-21,24-25,28,35,37H,2-5,12-13,16-19H2,1H3,(H,36,40). The fraction of sp³-hybridized carbons (Fsp3) is 0.500. The minimum Gasteiger partial charge on any atom is -0.378 e. The number of ketones is 2. The number of amides is 1. The van der Waals surface area contributed by atoms with Crippen molar-refractivity contribution in [3.8, 4) is 11.3 Å². The normalized spacial score (nSPS) is 30.9. The van der Waals surface area contributed by atoms with Gasteiger partial charge in [0.05, 0.1) is 6.54 Å². The van der Waals surface area contributed by atoms with E-state index in [-0.39, 0.29) is 34.9 Å². The number of H-pyrrole nitrogens is 1. The Balaban J connectivity index is 0.993. The van der Waals surface area contributed by atoms with E-state index in [1.54, 1.807) is 0 Å². The van der Waals surface area contributed by atoms with Crippen LogP contribution < -0.4 is 10.6 Å². The number of Topliss-reactive ketones (excluding diaryl/α,β-unsaturated/α-hetero) is 2. The van der Waals surface area contributed by atoms with E-state index in [1.165, 1.54) is 6.42 Å². The van der Waals surface area contributed by atoms with Crippen molar-refractivity contribution >= 4 is 39.8 Å². The molecular weight excluding hydrogens is 498 g/mol. The molecule has 40 heavy (non-hydrogen) atoms. The Hall–Kier alpha value is -3.41. The lowest BCUT2D eigenvalue weighted by atomic mass is 9.48. The van der Waals surface area contributed by atoms with Gasteiger partial charge in [0.1, 0.15) is 5.78 Å². The van der Waals surface area contributed by atoms with Crippen LogP contribution in [0.2, 0.25) is 0 Å². The molecule has 4 bridgehead atoms. The van der Waals surface area contributed by atoms with E-state index in [9.17, 15) is 14.4 Å². The predicted molar refractivity (Wildman–Crippen MR) is 158 cm³/mol. The molecule has 1 heterocycles. The zero-order valence-electron chi connectivity index (χ0n) is 23.3. The molecule has 5 fully saturated rings. The number of anilines is 2. The van der Waals surface area contributed by atoms with E-state index in [0.717, 1.165) is 84.9 Å². The highest BCUT2D eigenvalue weighted by Gasteiger charge is 2.57. The van der Waals surface area contributed by atoms with Crippen molar-refractivity contribution < 1.29 is 14.4 Å². The summed E-state index contributed by atoms with van der Waals surface area (Å²) in [5.74, 6) is 2.18. The minimum atomic E-state index is -0.283. The lowest BCUT2D eigenvalue weighted by Crippen LogP contribution is -2.55. The molecule has 4 atom stereocenters. The maximum absolute atomic E-state index is 13.4.